The van der Waals surface area contributed by atoms with Crippen LogP contribution in [0.4, 0.5) is 0 Å². The molecule has 0 amide bonds. The molecule has 2 aromatic heterocycles. The predicted octanol–water partition coefficient (Wildman–Crippen LogP) is 0.353. The third-order valence-electron chi connectivity index (χ3n) is 1.07. The van der Waals surface area contributed by atoms with Crippen LogP contribution in [0.25, 0.3) is 11.0 Å². The standard InChI is InChI=1S/C5H4N4/c1-4-2-8-9-5(4)7-3-6-1/h1-3H,(H,6,7,8,9)/i/hD. The van der Waals surface area contributed by atoms with E-state index < -0.39 is 0 Å². The zero-order chi connectivity index (χ0) is 6.97. The molecule has 0 saturated heterocycles. The summed E-state index contributed by atoms with van der Waals surface area (Å²) >= 11 is 0. The van der Waals surface area contributed by atoms with Crippen LogP contribution in [0.5, 0.6) is 0 Å². The molecule has 0 spiro atoms. The van der Waals surface area contributed by atoms with Gasteiger partial charge in [0.1, 0.15) is 6.33 Å². The van der Waals surface area contributed by atoms with Gasteiger partial charge in [-0.25, -0.2) is 9.97 Å². The van der Waals surface area contributed by atoms with Crippen molar-refractivity contribution in [2.24, 2.45) is 0 Å². The summed E-state index contributed by atoms with van der Waals surface area (Å²) in [6.45, 7) is 0. The zero-order valence-corrected chi connectivity index (χ0v) is 4.52. The summed E-state index contributed by atoms with van der Waals surface area (Å²) in [6.07, 6.45) is 4.58. The molecule has 2 rings (SSSR count). The van der Waals surface area contributed by atoms with E-state index in [-0.39, 0.29) is 0 Å². The molecule has 4 nitrogen and oxygen atoms in total. The Morgan fingerprint density at radius 3 is 3.44 bits per heavy atom. The summed E-state index contributed by atoms with van der Waals surface area (Å²) in [5, 5.41) is 5.44. The van der Waals surface area contributed by atoms with Gasteiger partial charge in [-0.05, 0) is 0 Å². The molecule has 0 aromatic carbocycles. The highest BCUT2D eigenvalue weighted by molar-refractivity contribution is 5.71. The minimum atomic E-state index is 0.537. The number of aromatic amines is 1. The molecule has 44 valence electrons. The fourth-order valence-corrected chi connectivity index (χ4v) is 0.654. The number of aromatic nitrogens is 4. The van der Waals surface area contributed by atoms with Crippen molar-refractivity contribution in [1.29, 1.82) is 0 Å². The number of rotatable bonds is 0. The van der Waals surface area contributed by atoms with E-state index in [2.05, 4.69) is 15.1 Å². The van der Waals surface area contributed by atoms with E-state index in [9.17, 15) is 0 Å². The molecule has 0 saturated carbocycles. The molecular weight excluding hydrogens is 116 g/mol. The van der Waals surface area contributed by atoms with Gasteiger partial charge < -0.3 is 0 Å². The SMILES string of the molecule is [2H]n1ncc2cncnc21. The van der Waals surface area contributed by atoms with E-state index in [1.54, 1.807) is 12.4 Å². The van der Waals surface area contributed by atoms with E-state index in [0.29, 0.717) is 5.65 Å². The Morgan fingerprint density at radius 2 is 2.56 bits per heavy atom. The van der Waals surface area contributed by atoms with Gasteiger partial charge in [0.05, 0.1) is 11.6 Å². The van der Waals surface area contributed by atoms with Gasteiger partial charge in [-0.3, -0.25) is 5.09 Å². The van der Waals surface area contributed by atoms with Crippen LogP contribution in [0.2, 0.25) is 1.41 Å². The van der Waals surface area contributed by atoms with Crippen molar-refractivity contribution in [3.8, 4) is 0 Å². The minimum Gasteiger partial charge on any atom is -0.261 e. The van der Waals surface area contributed by atoms with E-state index in [4.69, 9.17) is 1.41 Å². The fourth-order valence-electron chi connectivity index (χ4n) is 0.654. The molecule has 0 fully saturated rings. The quantitative estimate of drug-likeness (QED) is 0.547. The van der Waals surface area contributed by atoms with Gasteiger partial charge in [0, 0.05) is 6.20 Å². The fraction of sp³-hybridized carbons (Fsp3) is 0. The van der Waals surface area contributed by atoms with Crippen LogP contribution in [-0.2, 0) is 0 Å². The zero-order valence-electron chi connectivity index (χ0n) is 5.52. The first kappa shape index (κ1) is 3.55. The van der Waals surface area contributed by atoms with Gasteiger partial charge in [0.25, 0.3) is 0 Å². The maximum Gasteiger partial charge on any atom is 0.192 e. The van der Waals surface area contributed by atoms with Crippen molar-refractivity contribution < 1.29 is 1.41 Å². The molecule has 0 aliphatic heterocycles. The highest BCUT2D eigenvalue weighted by Crippen LogP contribution is 2.01. The summed E-state index contributed by atoms with van der Waals surface area (Å²) < 4.78 is 7.16. The molecule has 0 aliphatic carbocycles. The summed E-state index contributed by atoms with van der Waals surface area (Å²) in [5.41, 5.74) is 0.537. The lowest BCUT2D eigenvalue weighted by atomic mass is 10.5. The van der Waals surface area contributed by atoms with Gasteiger partial charge in [0.2, 0.25) is 0 Å². The Morgan fingerprint density at radius 1 is 1.56 bits per heavy atom. The van der Waals surface area contributed by atoms with E-state index in [0.717, 1.165) is 10.5 Å². The largest absolute Gasteiger partial charge is 0.261 e. The second-order valence-electron chi connectivity index (χ2n) is 1.65. The molecule has 0 radical (unpaired) electrons. The molecular formula is C5H4N4. The van der Waals surface area contributed by atoms with Crippen molar-refractivity contribution >= 4 is 11.0 Å². The second kappa shape index (κ2) is 1.51. The van der Waals surface area contributed by atoms with Crippen molar-refractivity contribution in [2.75, 3.05) is 0 Å². The Kier molecular flexibility index (Phi) is 0.597. The van der Waals surface area contributed by atoms with Crippen LogP contribution in [0.3, 0.4) is 0 Å². The number of H-pyrrole nitrogens is 1. The van der Waals surface area contributed by atoms with Crippen molar-refractivity contribution in [1.82, 2.24) is 20.2 Å². The third kappa shape index (κ3) is 0.561. The molecule has 0 aliphatic rings. The van der Waals surface area contributed by atoms with Gasteiger partial charge in [-0.15, -0.1) is 0 Å². The maximum atomic E-state index is 7.16. The first-order valence-electron chi connectivity index (χ1n) is 2.95. The first-order chi connectivity index (χ1) is 4.88. The van der Waals surface area contributed by atoms with Crippen LogP contribution < -0.4 is 0 Å². The third-order valence-corrected chi connectivity index (χ3v) is 1.07. The number of hydrogen-bond donors (Lipinski definition) is 1. The number of nitrogens with one attached hydrogen (secondary N) is 1. The van der Waals surface area contributed by atoms with Crippen LogP contribution >= 0.6 is 0 Å². The number of hydrogen-bond acceptors (Lipinski definition) is 3. The van der Waals surface area contributed by atoms with E-state index in [1.807, 2.05) is 0 Å². The predicted molar refractivity (Wildman–Crippen MR) is 31.7 cm³/mol. The molecule has 2 aromatic rings. The second-order valence-corrected chi connectivity index (χ2v) is 1.65. The summed E-state index contributed by atoms with van der Waals surface area (Å²) in [7, 11) is 0. The highest BCUT2D eigenvalue weighted by Gasteiger charge is 1.90. The molecule has 0 unspecified atom stereocenters. The van der Waals surface area contributed by atoms with Gasteiger partial charge in [-0.1, -0.05) is 0 Å². The molecule has 9 heavy (non-hydrogen) atoms. The molecule has 0 atom stereocenters. The Hall–Kier alpha value is -1.45. The summed E-state index contributed by atoms with van der Waals surface area (Å²) in [4.78, 5) is 7.62. The van der Waals surface area contributed by atoms with Crippen molar-refractivity contribution in [3.63, 3.8) is 0 Å². The molecule has 2 heterocycles. The number of nitrogens with zero attached hydrogens (tertiary/aromatic N) is 3. The Balaban J connectivity index is 2.93. The monoisotopic (exact) mass is 121 g/mol. The lowest BCUT2D eigenvalue weighted by Crippen LogP contribution is -1.75. The van der Waals surface area contributed by atoms with Crippen molar-refractivity contribution in [2.45, 2.75) is 0 Å². The normalized spacial score (nSPS) is 11.8. The first-order valence-corrected chi connectivity index (χ1v) is 2.51. The lowest BCUT2D eigenvalue weighted by molar-refractivity contribution is 1.09. The lowest BCUT2D eigenvalue weighted by Gasteiger charge is -1.80. The van der Waals surface area contributed by atoms with E-state index in [1.165, 1.54) is 6.33 Å². The average molecular weight is 121 g/mol. The smallest absolute Gasteiger partial charge is 0.192 e. The van der Waals surface area contributed by atoms with Crippen LogP contribution in [0.15, 0.2) is 18.7 Å². The molecule has 1 N–H and O–H groups in total. The van der Waals surface area contributed by atoms with Crippen LogP contribution in [0, 0.1) is 0 Å². The van der Waals surface area contributed by atoms with Crippen LogP contribution in [-0.4, -0.2) is 20.2 Å². The summed E-state index contributed by atoms with van der Waals surface area (Å²) in [5.74, 6) is 0. The Labute approximate surface area is 52.4 Å². The minimum absolute atomic E-state index is 0.537. The molecule has 4 heteroatoms. The Bertz CT molecular complexity index is 355. The topological polar surface area (TPSA) is 54.5 Å². The number of fused-ring (bicyclic) bond motifs is 1. The molecule has 0 bridgehead atoms. The van der Waals surface area contributed by atoms with Gasteiger partial charge in [0.15, 0.2) is 7.06 Å². The average Bonchev–Trinajstić information content (AvgIpc) is 2.34. The van der Waals surface area contributed by atoms with Gasteiger partial charge >= 0.3 is 0 Å². The van der Waals surface area contributed by atoms with Crippen molar-refractivity contribution in [3.05, 3.63) is 18.7 Å². The maximum absolute atomic E-state index is 7.16. The summed E-state index contributed by atoms with van der Waals surface area (Å²) in [6, 6.07) is 0. The van der Waals surface area contributed by atoms with Crippen LogP contribution in [0.1, 0.15) is 0 Å². The highest BCUT2D eigenvalue weighted by atomic mass is 15.1. The van der Waals surface area contributed by atoms with Gasteiger partial charge in [-0.2, -0.15) is 5.10 Å². The van der Waals surface area contributed by atoms with E-state index >= 15 is 0 Å².